The Morgan fingerprint density at radius 1 is 1.32 bits per heavy atom. The zero-order valence-electron chi connectivity index (χ0n) is 10.6. The van der Waals surface area contributed by atoms with Crippen LogP contribution in [0.2, 0.25) is 0 Å². The summed E-state index contributed by atoms with van der Waals surface area (Å²) in [7, 11) is 0. The second-order valence-electron chi connectivity index (χ2n) is 3.84. The lowest BCUT2D eigenvalue weighted by Crippen LogP contribution is -2.46. The summed E-state index contributed by atoms with van der Waals surface area (Å²) in [6.45, 7) is 3.68. The van der Waals surface area contributed by atoms with Gasteiger partial charge in [0.25, 0.3) is 0 Å². The molecule has 0 spiro atoms. The van der Waals surface area contributed by atoms with Gasteiger partial charge in [0.2, 0.25) is 5.91 Å². The Morgan fingerprint density at radius 2 is 2.00 bits per heavy atom. The highest BCUT2D eigenvalue weighted by Gasteiger charge is 2.15. The second kappa shape index (κ2) is 6.67. The molecule has 0 aliphatic carbocycles. The summed E-state index contributed by atoms with van der Waals surface area (Å²) in [5, 5.41) is 7.05. The molecule has 0 unspecified atom stereocenters. The normalized spacial score (nSPS) is 11.6. The fourth-order valence-corrected chi connectivity index (χ4v) is 1.34. The molecule has 0 heterocycles. The molecule has 0 aromatic heterocycles. The molecule has 7 heteroatoms. The van der Waals surface area contributed by atoms with Gasteiger partial charge in [-0.25, -0.2) is 13.6 Å². The van der Waals surface area contributed by atoms with E-state index >= 15 is 0 Å². The van der Waals surface area contributed by atoms with E-state index < -0.39 is 23.7 Å². The van der Waals surface area contributed by atoms with Gasteiger partial charge in [-0.1, -0.05) is 0 Å². The van der Waals surface area contributed by atoms with Gasteiger partial charge in [-0.2, -0.15) is 0 Å². The number of nitrogens with one attached hydrogen (secondary N) is 3. The van der Waals surface area contributed by atoms with Gasteiger partial charge in [-0.3, -0.25) is 4.79 Å². The minimum absolute atomic E-state index is 0.165. The third-order valence-corrected chi connectivity index (χ3v) is 2.27. The number of halogens is 2. The predicted molar refractivity (Wildman–Crippen MR) is 66.7 cm³/mol. The first-order valence-electron chi connectivity index (χ1n) is 5.74. The van der Waals surface area contributed by atoms with Gasteiger partial charge in [0, 0.05) is 12.6 Å². The topological polar surface area (TPSA) is 70.2 Å². The van der Waals surface area contributed by atoms with Crippen LogP contribution in [0.4, 0.5) is 19.3 Å². The van der Waals surface area contributed by atoms with Crippen LogP contribution in [-0.2, 0) is 4.79 Å². The Hall–Kier alpha value is -2.18. The Balaban J connectivity index is 2.58. The first-order chi connectivity index (χ1) is 8.93. The molecule has 1 aromatic carbocycles. The SMILES string of the molecule is CCNC(=O)[C@H](C)NC(=O)Nc1ccc(F)cc1F. The molecule has 1 atom stereocenters. The second-order valence-corrected chi connectivity index (χ2v) is 3.84. The lowest BCUT2D eigenvalue weighted by Gasteiger charge is -2.14. The van der Waals surface area contributed by atoms with E-state index in [4.69, 9.17) is 0 Å². The van der Waals surface area contributed by atoms with Crippen LogP contribution in [0.1, 0.15) is 13.8 Å². The van der Waals surface area contributed by atoms with Gasteiger partial charge in [0.05, 0.1) is 5.69 Å². The first-order valence-corrected chi connectivity index (χ1v) is 5.74. The molecule has 19 heavy (non-hydrogen) atoms. The van der Waals surface area contributed by atoms with Gasteiger partial charge in [0.1, 0.15) is 17.7 Å². The summed E-state index contributed by atoms with van der Waals surface area (Å²) < 4.78 is 25.9. The minimum atomic E-state index is -0.888. The molecule has 5 nitrogen and oxygen atoms in total. The number of likely N-dealkylation sites (N-methyl/N-ethyl adjacent to an activating group) is 1. The first kappa shape index (κ1) is 14.9. The van der Waals surface area contributed by atoms with Gasteiger partial charge in [0.15, 0.2) is 0 Å². The lowest BCUT2D eigenvalue weighted by atomic mass is 10.3. The average Bonchev–Trinajstić information content (AvgIpc) is 2.33. The average molecular weight is 271 g/mol. The van der Waals surface area contributed by atoms with E-state index in [-0.39, 0.29) is 11.6 Å². The van der Waals surface area contributed by atoms with Crippen LogP contribution in [0, 0.1) is 11.6 Å². The van der Waals surface area contributed by atoms with E-state index in [0.29, 0.717) is 12.6 Å². The van der Waals surface area contributed by atoms with Gasteiger partial charge >= 0.3 is 6.03 Å². The molecule has 0 radical (unpaired) electrons. The van der Waals surface area contributed by atoms with Crippen molar-refractivity contribution in [2.75, 3.05) is 11.9 Å². The number of urea groups is 1. The molecule has 104 valence electrons. The van der Waals surface area contributed by atoms with Crippen molar-refractivity contribution in [1.82, 2.24) is 10.6 Å². The molecule has 1 rings (SSSR count). The molecule has 0 aliphatic heterocycles. The van der Waals surface area contributed by atoms with Gasteiger partial charge < -0.3 is 16.0 Å². The largest absolute Gasteiger partial charge is 0.355 e. The van der Waals surface area contributed by atoms with Crippen molar-refractivity contribution >= 4 is 17.6 Å². The van der Waals surface area contributed by atoms with Crippen LogP contribution >= 0.6 is 0 Å². The maximum absolute atomic E-state index is 13.3. The zero-order valence-corrected chi connectivity index (χ0v) is 10.6. The van der Waals surface area contributed by atoms with Crippen LogP contribution in [-0.4, -0.2) is 24.5 Å². The quantitative estimate of drug-likeness (QED) is 0.778. The monoisotopic (exact) mass is 271 g/mol. The summed E-state index contributed by atoms with van der Waals surface area (Å²) in [6, 6.07) is 1.27. The van der Waals surface area contributed by atoms with E-state index in [1.54, 1.807) is 6.92 Å². The van der Waals surface area contributed by atoms with Crippen molar-refractivity contribution in [1.29, 1.82) is 0 Å². The maximum Gasteiger partial charge on any atom is 0.319 e. The van der Waals surface area contributed by atoms with Gasteiger partial charge in [-0.05, 0) is 26.0 Å². The molecule has 0 saturated heterocycles. The molecule has 0 aliphatic rings. The lowest BCUT2D eigenvalue weighted by molar-refractivity contribution is -0.122. The van der Waals surface area contributed by atoms with Crippen LogP contribution in [0.3, 0.4) is 0 Å². The van der Waals surface area contributed by atoms with Crippen molar-refractivity contribution < 1.29 is 18.4 Å². The third kappa shape index (κ3) is 4.53. The zero-order chi connectivity index (χ0) is 14.4. The Kier molecular flexibility index (Phi) is 5.23. The number of carbonyl (C=O) groups is 2. The van der Waals surface area contributed by atoms with E-state index in [1.165, 1.54) is 6.92 Å². The number of amides is 3. The number of anilines is 1. The highest BCUT2D eigenvalue weighted by atomic mass is 19.1. The fraction of sp³-hybridized carbons (Fsp3) is 0.333. The maximum atomic E-state index is 13.3. The number of benzene rings is 1. The third-order valence-electron chi connectivity index (χ3n) is 2.27. The smallest absolute Gasteiger partial charge is 0.319 e. The molecule has 3 N–H and O–H groups in total. The highest BCUT2D eigenvalue weighted by Crippen LogP contribution is 2.14. The Labute approximate surface area is 109 Å². The van der Waals surface area contributed by atoms with E-state index in [1.807, 2.05) is 0 Å². The molecular formula is C12H15F2N3O2. The van der Waals surface area contributed by atoms with Crippen LogP contribution in [0.5, 0.6) is 0 Å². The molecule has 0 saturated carbocycles. The molecular weight excluding hydrogens is 256 g/mol. The summed E-state index contributed by atoms with van der Waals surface area (Å²) >= 11 is 0. The number of hydrogen-bond acceptors (Lipinski definition) is 2. The standard InChI is InChI=1S/C12H15F2N3O2/c1-3-15-11(18)7(2)16-12(19)17-10-5-4-8(13)6-9(10)14/h4-7H,3H2,1-2H3,(H,15,18)(H2,16,17,19)/t7-/m0/s1. The molecule has 3 amide bonds. The van der Waals surface area contributed by atoms with Crippen molar-refractivity contribution in [2.45, 2.75) is 19.9 Å². The summed E-state index contributed by atoms with van der Waals surface area (Å²) in [5.74, 6) is -1.97. The van der Waals surface area contributed by atoms with Crippen LogP contribution < -0.4 is 16.0 Å². The van der Waals surface area contributed by atoms with Crippen molar-refractivity contribution in [3.8, 4) is 0 Å². The van der Waals surface area contributed by atoms with Crippen LogP contribution in [0.15, 0.2) is 18.2 Å². The predicted octanol–water partition coefficient (Wildman–Crippen LogP) is 1.61. The van der Waals surface area contributed by atoms with Crippen molar-refractivity contribution in [3.05, 3.63) is 29.8 Å². The Morgan fingerprint density at radius 3 is 2.58 bits per heavy atom. The molecule has 1 aromatic rings. The van der Waals surface area contributed by atoms with Crippen molar-refractivity contribution in [3.63, 3.8) is 0 Å². The summed E-state index contributed by atoms with van der Waals surface area (Å²) in [5.41, 5.74) is -0.165. The minimum Gasteiger partial charge on any atom is -0.355 e. The number of rotatable bonds is 4. The number of hydrogen-bond donors (Lipinski definition) is 3. The van der Waals surface area contributed by atoms with E-state index in [0.717, 1.165) is 12.1 Å². The van der Waals surface area contributed by atoms with Gasteiger partial charge in [-0.15, -0.1) is 0 Å². The van der Waals surface area contributed by atoms with E-state index in [2.05, 4.69) is 16.0 Å². The van der Waals surface area contributed by atoms with Crippen LogP contribution in [0.25, 0.3) is 0 Å². The fourth-order valence-electron chi connectivity index (χ4n) is 1.34. The summed E-state index contributed by atoms with van der Waals surface area (Å²) in [4.78, 5) is 22.9. The van der Waals surface area contributed by atoms with E-state index in [9.17, 15) is 18.4 Å². The highest BCUT2D eigenvalue weighted by molar-refractivity contribution is 5.93. The number of carbonyl (C=O) groups excluding carboxylic acids is 2. The summed E-state index contributed by atoms with van der Waals surface area (Å²) in [6.07, 6.45) is 0. The molecule has 0 bridgehead atoms. The van der Waals surface area contributed by atoms with Crippen molar-refractivity contribution in [2.24, 2.45) is 0 Å². The molecule has 0 fully saturated rings. The Bertz CT molecular complexity index is 480.